The number of pyridine rings is 1. The zero-order valence-corrected chi connectivity index (χ0v) is 21.8. The topological polar surface area (TPSA) is 135 Å². The second kappa shape index (κ2) is 12.4. The fourth-order valence-electron chi connectivity index (χ4n) is 3.92. The SMILES string of the molecule is CCNC(=O)/C(C#N)=c1\s/c(=C/Nc2cccc(NC(=O)CN3CCC(N(C)C)C3)n2)c(=O)n1CC. The molecule has 0 spiro atoms. The van der Waals surface area contributed by atoms with Crippen molar-refractivity contribution in [2.24, 2.45) is 0 Å². The van der Waals surface area contributed by atoms with Crippen molar-refractivity contribution in [2.75, 3.05) is 50.9 Å². The van der Waals surface area contributed by atoms with Crippen LogP contribution >= 0.6 is 11.3 Å². The molecule has 192 valence electrons. The van der Waals surface area contributed by atoms with Crippen LogP contribution in [-0.4, -0.2) is 77.5 Å². The van der Waals surface area contributed by atoms with E-state index in [1.165, 1.54) is 10.8 Å². The second-order valence-electron chi connectivity index (χ2n) is 8.55. The molecule has 0 bridgehead atoms. The molecular weight excluding hydrogens is 480 g/mol. The van der Waals surface area contributed by atoms with E-state index in [0.717, 1.165) is 30.8 Å². The smallest absolute Gasteiger partial charge is 0.270 e. The van der Waals surface area contributed by atoms with Gasteiger partial charge in [-0.3, -0.25) is 23.9 Å². The number of anilines is 2. The number of thiazole rings is 1. The Morgan fingerprint density at radius 1 is 1.31 bits per heavy atom. The van der Waals surface area contributed by atoms with Gasteiger partial charge >= 0.3 is 0 Å². The van der Waals surface area contributed by atoms with Crippen LogP contribution in [0, 0.1) is 11.3 Å². The summed E-state index contributed by atoms with van der Waals surface area (Å²) in [6.45, 7) is 6.26. The van der Waals surface area contributed by atoms with E-state index < -0.39 is 5.91 Å². The number of nitrogens with one attached hydrogen (secondary N) is 3. The molecule has 3 heterocycles. The van der Waals surface area contributed by atoms with Gasteiger partial charge in [-0.2, -0.15) is 5.26 Å². The lowest BCUT2D eigenvalue weighted by Gasteiger charge is -2.20. The molecule has 1 atom stereocenters. The fourth-order valence-corrected chi connectivity index (χ4v) is 5.01. The van der Waals surface area contributed by atoms with Crippen LogP contribution in [0.2, 0.25) is 0 Å². The molecule has 0 aliphatic carbocycles. The molecule has 1 aliphatic heterocycles. The molecule has 0 aromatic carbocycles. The van der Waals surface area contributed by atoms with Crippen molar-refractivity contribution < 1.29 is 9.59 Å². The summed E-state index contributed by atoms with van der Waals surface area (Å²) >= 11 is 1.06. The third-order valence-corrected chi connectivity index (χ3v) is 6.96. The average Bonchev–Trinajstić information content (AvgIpc) is 3.43. The fraction of sp³-hybridized carbons (Fsp3) is 0.458. The van der Waals surface area contributed by atoms with Gasteiger partial charge in [-0.25, -0.2) is 4.98 Å². The molecule has 12 heteroatoms. The lowest BCUT2D eigenvalue weighted by Crippen LogP contribution is -2.35. The molecule has 11 nitrogen and oxygen atoms in total. The van der Waals surface area contributed by atoms with E-state index >= 15 is 0 Å². The number of likely N-dealkylation sites (tertiary alicyclic amines) is 1. The molecule has 1 saturated heterocycles. The van der Waals surface area contributed by atoms with Gasteiger partial charge in [0.25, 0.3) is 11.5 Å². The van der Waals surface area contributed by atoms with Gasteiger partial charge in [-0.15, -0.1) is 11.3 Å². The van der Waals surface area contributed by atoms with Crippen LogP contribution in [0.4, 0.5) is 11.6 Å². The van der Waals surface area contributed by atoms with Crippen molar-refractivity contribution in [3.63, 3.8) is 0 Å². The Hall–Kier alpha value is -3.53. The summed E-state index contributed by atoms with van der Waals surface area (Å²) in [7, 11) is 4.10. The Morgan fingerprint density at radius 3 is 2.69 bits per heavy atom. The van der Waals surface area contributed by atoms with Crippen LogP contribution in [0.5, 0.6) is 0 Å². The maximum atomic E-state index is 12.8. The first kappa shape index (κ1) is 27.1. The first-order valence-corrected chi connectivity index (χ1v) is 12.6. The first-order valence-electron chi connectivity index (χ1n) is 11.8. The van der Waals surface area contributed by atoms with Crippen molar-refractivity contribution in [2.45, 2.75) is 32.9 Å². The van der Waals surface area contributed by atoms with Gasteiger partial charge in [0.15, 0.2) is 5.57 Å². The van der Waals surface area contributed by atoms with E-state index in [9.17, 15) is 19.6 Å². The normalized spacial score (nSPS) is 17.1. The minimum Gasteiger partial charge on any atom is -0.352 e. The van der Waals surface area contributed by atoms with Crippen LogP contribution in [0.25, 0.3) is 11.8 Å². The minimum atomic E-state index is -0.515. The van der Waals surface area contributed by atoms with Crippen LogP contribution in [0.3, 0.4) is 0 Å². The number of likely N-dealkylation sites (N-methyl/N-ethyl adjacent to an activating group) is 1. The summed E-state index contributed by atoms with van der Waals surface area (Å²) in [6, 6.07) is 7.53. The Kier molecular flexibility index (Phi) is 9.35. The third-order valence-electron chi connectivity index (χ3n) is 5.83. The van der Waals surface area contributed by atoms with E-state index in [1.54, 1.807) is 32.0 Å². The Balaban J connectivity index is 1.75. The maximum absolute atomic E-state index is 12.8. The van der Waals surface area contributed by atoms with Gasteiger partial charge in [0.05, 0.1) is 6.54 Å². The highest BCUT2D eigenvalue weighted by Gasteiger charge is 2.25. The number of carbonyl (C=O) groups is 2. The highest BCUT2D eigenvalue weighted by atomic mass is 32.1. The van der Waals surface area contributed by atoms with Crippen molar-refractivity contribution in [3.8, 4) is 6.07 Å². The van der Waals surface area contributed by atoms with Crippen LogP contribution < -0.4 is 30.7 Å². The molecule has 1 unspecified atom stereocenters. The molecular formula is C24H32N8O3S. The van der Waals surface area contributed by atoms with Crippen molar-refractivity contribution in [1.82, 2.24) is 24.7 Å². The molecule has 1 fully saturated rings. The van der Waals surface area contributed by atoms with E-state index in [4.69, 9.17) is 0 Å². The molecule has 2 amide bonds. The van der Waals surface area contributed by atoms with Gasteiger partial charge < -0.3 is 20.9 Å². The molecule has 0 radical (unpaired) electrons. The number of nitriles is 1. The standard InChI is InChI=1S/C24H32N8O3S/c1-5-26-22(34)17(12-25)24-32(6-2)23(35)18(36-24)13-27-19-8-7-9-20(28-19)29-21(33)15-31-11-10-16(14-31)30(3)4/h7-9,13,16H,5-6,10-11,14-15H2,1-4H3,(H,26,34)(H2,27,28,29,33)/b18-13+,24-17-. The number of rotatable bonds is 9. The largest absolute Gasteiger partial charge is 0.352 e. The summed E-state index contributed by atoms with van der Waals surface area (Å²) in [4.78, 5) is 46.3. The van der Waals surface area contributed by atoms with E-state index in [1.807, 2.05) is 20.2 Å². The van der Waals surface area contributed by atoms with Crippen molar-refractivity contribution >= 4 is 46.6 Å². The number of nitrogens with zero attached hydrogens (tertiary/aromatic N) is 5. The average molecular weight is 513 g/mol. The lowest BCUT2D eigenvalue weighted by molar-refractivity contribution is -0.117. The van der Waals surface area contributed by atoms with Gasteiger partial charge in [-0.05, 0) is 46.5 Å². The summed E-state index contributed by atoms with van der Waals surface area (Å²) in [6.07, 6.45) is 2.53. The van der Waals surface area contributed by atoms with Gasteiger partial charge in [0, 0.05) is 38.4 Å². The zero-order chi connectivity index (χ0) is 26.2. The van der Waals surface area contributed by atoms with Crippen LogP contribution in [0.1, 0.15) is 20.3 Å². The summed E-state index contributed by atoms with van der Waals surface area (Å²) in [5.74, 6) is 0.184. The Morgan fingerprint density at radius 2 is 2.06 bits per heavy atom. The molecule has 2 aromatic rings. The van der Waals surface area contributed by atoms with Crippen molar-refractivity contribution in [1.29, 1.82) is 5.26 Å². The molecule has 0 saturated carbocycles. The van der Waals surface area contributed by atoms with Crippen LogP contribution in [0.15, 0.2) is 23.0 Å². The van der Waals surface area contributed by atoms with Crippen LogP contribution in [-0.2, 0) is 16.1 Å². The second-order valence-corrected chi connectivity index (χ2v) is 9.58. The summed E-state index contributed by atoms with van der Waals surface area (Å²) < 4.78 is 2.02. The number of aromatic nitrogens is 2. The number of hydrogen-bond donors (Lipinski definition) is 3. The number of carbonyl (C=O) groups excluding carboxylic acids is 2. The number of hydrogen-bond acceptors (Lipinski definition) is 9. The summed E-state index contributed by atoms with van der Waals surface area (Å²) in [5, 5.41) is 17.9. The zero-order valence-electron chi connectivity index (χ0n) is 21.0. The lowest BCUT2D eigenvalue weighted by atomic mass is 10.2. The van der Waals surface area contributed by atoms with E-state index in [-0.39, 0.29) is 17.0 Å². The molecule has 2 aromatic heterocycles. The highest BCUT2D eigenvalue weighted by Crippen LogP contribution is 2.13. The van der Waals surface area contributed by atoms with Gasteiger partial charge in [-0.1, -0.05) is 6.07 Å². The highest BCUT2D eigenvalue weighted by molar-refractivity contribution is 7.07. The number of amides is 2. The van der Waals surface area contributed by atoms with Gasteiger partial charge in [0.2, 0.25) is 5.91 Å². The van der Waals surface area contributed by atoms with Crippen molar-refractivity contribution in [3.05, 3.63) is 37.7 Å². The van der Waals surface area contributed by atoms with E-state index in [2.05, 4.69) is 30.7 Å². The quantitative estimate of drug-likeness (QED) is 0.412. The molecule has 3 rings (SSSR count). The molecule has 36 heavy (non-hydrogen) atoms. The monoisotopic (exact) mass is 512 g/mol. The molecule has 3 N–H and O–H groups in total. The Labute approximate surface area is 213 Å². The predicted molar refractivity (Wildman–Crippen MR) is 141 cm³/mol. The van der Waals surface area contributed by atoms with E-state index in [0.29, 0.717) is 46.5 Å². The Bertz CT molecular complexity index is 1320. The summed E-state index contributed by atoms with van der Waals surface area (Å²) in [5.41, 5.74) is -0.411. The predicted octanol–water partition coefficient (Wildman–Crippen LogP) is -0.440. The maximum Gasteiger partial charge on any atom is 0.270 e. The first-order chi connectivity index (χ1) is 17.3. The van der Waals surface area contributed by atoms with Gasteiger partial charge in [0.1, 0.15) is 26.9 Å². The minimum absolute atomic E-state index is 0.0989. The third kappa shape index (κ3) is 6.57. The molecule has 1 aliphatic rings.